The number of rotatable bonds is 4. The van der Waals surface area contributed by atoms with Crippen LogP contribution in [0, 0.1) is 0 Å². The van der Waals surface area contributed by atoms with Gasteiger partial charge in [-0.15, -0.1) is 23.1 Å². The molecule has 18 heavy (non-hydrogen) atoms. The standard InChI is InChI=1S/C13H12BrNOS2/c1-17-10-4-2-3-9(7-10)15-13(16)8-11-5-6-12(14)18-11/h2-7H,8H2,1H3,(H,15,16). The molecule has 1 aromatic heterocycles. The number of thioether (sulfide) groups is 1. The third-order valence-electron chi connectivity index (χ3n) is 2.32. The third-order valence-corrected chi connectivity index (χ3v) is 4.67. The van der Waals surface area contributed by atoms with E-state index in [0.29, 0.717) is 6.42 Å². The summed E-state index contributed by atoms with van der Waals surface area (Å²) in [5.74, 6) is 0.0163. The largest absolute Gasteiger partial charge is 0.326 e. The van der Waals surface area contributed by atoms with Crippen molar-refractivity contribution in [1.29, 1.82) is 0 Å². The van der Waals surface area contributed by atoms with Crippen molar-refractivity contribution in [3.63, 3.8) is 0 Å². The normalized spacial score (nSPS) is 10.3. The summed E-state index contributed by atoms with van der Waals surface area (Å²) in [7, 11) is 0. The maximum atomic E-state index is 11.9. The van der Waals surface area contributed by atoms with E-state index in [4.69, 9.17) is 0 Å². The highest BCUT2D eigenvalue weighted by Gasteiger charge is 2.06. The Hall–Kier alpha value is -0.780. The van der Waals surface area contributed by atoms with Gasteiger partial charge in [-0.05, 0) is 52.5 Å². The van der Waals surface area contributed by atoms with Gasteiger partial charge in [-0.1, -0.05) is 6.07 Å². The SMILES string of the molecule is CSc1cccc(NC(=O)Cc2ccc(Br)s2)c1. The molecule has 0 saturated heterocycles. The van der Waals surface area contributed by atoms with Gasteiger partial charge < -0.3 is 5.32 Å². The number of hydrogen-bond donors (Lipinski definition) is 1. The maximum absolute atomic E-state index is 11.9. The number of thiophene rings is 1. The summed E-state index contributed by atoms with van der Waals surface area (Å²) in [4.78, 5) is 14.1. The van der Waals surface area contributed by atoms with E-state index in [9.17, 15) is 4.79 Å². The summed E-state index contributed by atoms with van der Waals surface area (Å²) in [6.45, 7) is 0. The molecule has 1 N–H and O–H groups in total. The fourth-order valence-electron chi connectivity index (χ4n) is 1.51. The molecule has 0 radical (unpaired) electrons. The number of amides is 1. The Balaban J connectivity index is 1.98. The van der Waals surface area contributed by atoms with Gasteiger partial charge in [0.05, 0.1) is 10.2 Å². The summed E-state index contributed by atoms with van der Waals surface area (Å²) < 4.78 is 1.05. The van der Waals surface area contributed by atoms with Gasteiger partial charge in [0.25, 0.3) is 0 Å². The smallest absolute Gasteiger partial charge is 0.229 e. The van der Waals surface area contributed by atoms with E-state index < -0.39 is 0 Å². The predicted octanol–water partition coefficient (Wildman–Crippen LogP) is 4.41. The van der Waals surface area contributed by atoms with Crippen LogP contribution in [0.5, 0.6) is 0 Å². The van der Waals surface area contributed by atoms with Crippen LogP contribution in [0.15, 0.2) is 45.1 Å². The lowest BCUT2D eigenvalue weighted by Crippen LogP contribution is -2.13. The highest BCUT2D eigenvalue weighted by Crippen LogP contribution is 2.23. The molecule has 2 rings (SSSR count). The fourth-order valence-corrected chi connectivity index (χ4v) is 3.45. The molecular weight excluding hydrogens is 330 g/mol. The van der Waals surface area contributed by atoms with E-state index in [1.165, 1.54) is 0 Å². The molecule has 0 atom stereocenters. The van der Waals surface area contributed by atoms with Crippen LogP contribution in [0.25, 0.3) is 0 Å². The molecule has 0 aliphatic carbocycles. The molecule has 0 aliphatic heterocycles. The topological polar surface area (TPSA) is 29.1 Å². The quantitative estimate of drug-likeness (QED) is 0.834. The van der Waals surface area contributed by atoms with Crippen LogP contribution in [-0.2, 0) is 11.2 Å². The van der Waals surface area contributed by atoms with E-state index >= 15 is 0 Å². The lowest BCUT2D eigenvalue weighted by molar-refractivity contribution is -0.115. The van der Waals surface area contributed by atoms with Crippen LogP contribution in [0.2, 0.25) is 0 Å². The first-order chi connectivity index (χ1) is 8.67. The van der Waals surface area contributed by atoms with Crippen LogP contribution in [0.3, 0.4) is 0 Å². The predicted molar refractivity (Wildman–Crippen MR) is 82.6 cm³/mol. The number of hydrogen-bond acceptors (Lipinski definition) is 3. The van der Waals surface area contributed by atoms with E-state index in [-0.39, 0.29) is 5.91 Å². The lowest BCUT2D eigenvalue weighted by atomic mass is 10.3. The zero-order chi connectivity index (χ0) is 13.0. The zero-order valence-electron chi connectivity index (χ0n) is 9.77. The summed E-state index contributed by atoms with van der Waals surface area (Å²) in [5.41, 5.74) is 0.850. The Bertz CT molecular complexity index is 553. The van der Waals surface area contributed by atoms with Crippen LogP contribution in [-0.4, -0.2) is 12.2 Å². The third kappa shape index (κ3) is 3.86. The van der Waals surface area contributed by atoms with Gasteiger partial charge in [0, 0.05) is 15.5 Å². The first-order valence-corrected chi connectivity index (χ1v) is 8.19. The van der Waals surface area contributed by atoms with Gasteiger partial charge >= 0.3 is 0 Å². The second kappa shape index (κ2) is 6.41. The highest BCUT2D eigenvalue weighted by atomic mass is 79.9. The number of carbonyl (C=O) groups excluding carboxylic acids is 1. The molecule has 2 nitrogen and oxygen atoms in total. The first-order valence-electron chi connectivity index (χ1n) is 5.35. The van der Waals surface area contributed by atoms with E-state index in [2.05, 4.69) is 21.2 Å². The van der Waals surface area contributed by atoms with Gasteiger partial charge in [-0.2, -0.15) is 0 Å². The van der Waals surface area contributed by atoms with Crippen molar-refractivity contribution in [1.82, 2.24) is 0 Å². The summed E-state index contributed by atoms with van der Waals surface area (Å²) >= 11 is 6.64. The molecule has 1 heterocycles. The minimum Gasteiger partial charge on any atom is -0.326 e. The Kier molecular flexibility index (Phi) is 4.86. The molecule has 0 spiro atoms. The van der Waals surface area contributed by atoms with E-state index in [0.717, 1.165) is 19.2 Å². The molecule has 1 amide bonds. The van der Waals surface area contributed by atoms with Crippen LogP contribution >= 0.6 is 39.0 Å². The second-order valence-electron chi connectivity index (χ2n) is 3.66. The van der Waals surface area contributed by atoms with Gasteiger partial charge in [0.1, 0.15) is 0 Å². The molecule has 1 aromatic carbocycles. The molecule has 5 heteroatoms. The van der Waals surface area contributed by atoms with Crippen molar-refractivity contribution in [2.45, 2.75) is 11.3 Å². The van der Waals surface area contributed by atoms with Gasteiger partial charge in [-0.25, -0.2) is 0 Å². The minimum absolute atomic E-state index is 0.0163. The van der Waals surface area contributed by atoms with Crippen molar-refractivity contribution in [2.75, 3.05) is 11.6 Å². The van der Waals surface area contributed by atoms with E-state index in [1.54, 1.807) is 23.1 Å². The molecular formula is C13H12BrNOS2. The maximum Gasteiger partial charge on any atom is 0.229 e. The zero-order valence-corrected chi connectivity index (χ0v) is 13.0. The van der Waals surface area contributed by atoms with Crippen molar-refractivity contribution in [3.8, 4) is 0 Å². The van der Waals surface area contributed by atoms with Crippen molar-refractivity contribution < 1.29 is 4.79 Å². The molecule has 0 fully saturated rings. The number of nitrogens with one attached hydrogen (secondary N) is 1. The second-order valence-corrected chi connectivity index (χ2v) is 7.09. The Morgan fingerprint density at radius 2 is 2.22 bits per heavy atom. The molecule has 2 aromatic rings. The summed E-state index contributed by atoms with van der Waals surface area (Å²) in [5, 5.41) is 2.91. The number of carbonyl (C=O) groups is 1. The number of anilines is 1. The number of halogens is 1. The number of benzene rings is 1. The van der Waals surface area contributed by atoms with Crippen LogP contribution in [0.4, 0.5) is 5.69 Å². The molecule has 0 unspecified atom stereocenters. The monoisotopic (exact) mass is 341 g/mol. The van der Waals surface area contributed by atoms with Crippen molar-refractivity contribution in [2.24, 2.45) is 0 Å². The van der Waals surface area contributed by atoms with Gasteiger partial charge in [-0.3, -0.25) is 4.79 Å². The summed E-state index contributed by atoms with van der Waals surface area (Å²) in [6, 6.07) is 11.8. The Morgan fingerprint density at radius 1 is 1.39 bits per heavy atom. The average Bonchev–Trinajstić information content (AvgIpc) is 2.74. The minimum atomic E-state index is 0.0163. The molecule has 94 valence electrons. The Morgan fingerprint density at radius 3 is 2.89 bits per heavy atom. The molecule has 0 saturated carbocycles. The Labute approximate surface area is 123 Å². The van der Waals surface area contributed by atoms with Crippen molar-refractivity contribution in [3.05, 3.63) is 45.1 Å². The van der Waals surface area contributed by atoms with Gasteiger partial charge in [0.2, 0.25) is 5.91 Å². The highest BCUT2D eigenvalue weighted by molar-refractivity contribution is 9.11. The lowest BCUT2D eigenvalue weighted by Gasteiger charge is -2.05. The average molecular weight is 342 g/mol. The van der Waals surface area contributed by atoms with Gasteiger partial charge in [0.15, 0.2) is 0 Å². The van der Waals surface area contributed by atoms with Crippen LogP contribution < -0.4 is 5.32 Å². The molecule has 0 aliphatic rings. The van der Waals surface area contributed by atoms with Crippen LogP contribution in [0.1, 0.15) is 4.88 Å². The fraction of sp³-hybridized carbons (Fsp3) is 0.154. The molecule has 0 bridgehead atoms. The van der Waals surface area contributed by atoms with Crippen molar-refractivity contribution >= 4 is 50.6 Å². The van der Waals surface area contributed by atoms with E-state index in [1.807, 2.05) is 42.7 Å². The summed E-state index contributed by atoms with van der Waals surface area (Å²) in [6.07, 6.45) is 2.43. The first kappa shape index (κ1) is 13.6.